The molecular weight excluding hydrogens is 344 g/mol. The minimum absolute atomic E-state index is 0.0186. The Labute approximate surface area is 158 Å². The van der Waals surface area contributed by atoms with E-state index in [1.165, 1.54) is 0 Å². The van der Waals surface area contributed by atoms with E-state index >= 15 is 0 Å². The largest absolute Gasteiger partial charge is 0.486 e. The molecule has 0 aromatic heterocycles. The number of amides is 2. The average Bonchev–Trinajstić information content (AvgIpc) is 2.71. The van der Waals surface area contributed by atoms with Gasteiger partial charge in [0.1, 0.15) is 19.3 Å². The Morgan fingerprint density at radius 2 is 1.74 bits per heavy atom. The first-order valence-corrected chi connectivity index (χ1v) is 9.15. The summed E-state index contributed by atoms with van der Waals surface area (Å²) in [4.78, 5) is 25.3. The third kappa shape index (κ3) is 4.58. The van der Waals surface area contributed by atoms with Gasteiger partial charge in [-0.05, 0) is 30.2 Å². The van der Waals surface area contributed by atoms with E-state index in [1.807, 2.05) is 19.9 Å². The van der Waals surface area contributed by atoms with Crippen molar-refractivity contribution in [3.63, 3.8) is 0 Å². The van der Waals surface area contributed by atoms with E-state index in [1.54, 1.807) is 42.5 Å². The first-order valence-electron chi connectivity index (χ1n) is 9.15. The zero-order chi connectivity index (χ0) is 19.2. The van der Waals surface area contributed by atoms with Crippen molar-refractivity contribution in [2.75, 3.05) is 18.5 Å². The number of rotatable bonds is 6. The number of ether oxygens (including phenoxy) is 2. The Balaban J connectivity index is 1.72. The standard InChI is InChI=1S/C21H24N2O4/c1-3-14(2)19(23-20(24)15-7-5-4-6-8-15)21(25)22-16-9-10-17-18(13-16)27-12-11-26-17/h4-10,13-14,19H,3,11-12H2,1-2H3,(H,22,25)(H,23,24). The maximum Gasteiger partial charge on any atom is 0.251 e. The second-order valence-corrected chi connectivity index (χ2v) is 6.55. The fourth-order valence-corrected chi connectivity index (χ4v) is 2.86. The molecule has 0 saturated carbocycles. The van der Waals surface area contributed by atoms with Crippen LogP contribution in [-0.4, -0.2) is 31.1 Å². The fourth-order valence-electron chi connectivity index (χ4n) is 2.86. The predicted molar refractivity (Wildman–Crippen MR) is 103 cm³/mol. The Kier molecular flexibility index (Phi) is 5.96. The lowest BCUT2D eigenvalue weighted by Crippen LogP contribution is -2.47. The van der Waals surface area contributed by atoms with Gasteiger partial charge in [0.25, 0.3) is 5.91 Å². The van der Waals surface area contributed by atoms with Crippen LogP contribution in [0.5, 0.6) is 11.5 Å². The van der Waals surface area contributed by atoms with Crippen LogP contribution in [0.4, 0.5) is 5.69 Å². The number of benzene rings is 2. The summed E-state index contributed by atoms with van der Waals surface area (Å²) in [5.41, 5.74) is 1.13. The van der Waals surface area contributed by atoms with Crippen molar-refractivity contribution >= 4 is 17.5 Å². The molecule has 2 atom stereocenters. The quantitative estimate of drug-likeness (QED) is 0.821. The second-order valence-electron chi connectivity index (χ2n) is 6.55. The van der Waals surface area contributed by atoms with E-state index in [0.717, 1.165) is 6.42 Å². The number of fused-ring (bicyclic) bond motifs is 1. The van der Waals surface area contributed by atoms with Crippen LogP contribution in [0.15, 0.2) is 48.5 Å². The summed E-state index contributed by atoms with van der Waals surface area (Å²) in [5.74, 6) is 0.723. The Morgan fingerprint density at radius 1 is 1.04 bits per heavy atom. The summed E-state index contributed by atoms with van der Waals surface area (Å²) in [6.07, 6.45) is 0.758. The lowest BCUT2D eigenvalue weighted by atomic mass is 9.97. The van der Waals surface area contributed by atoms with Gasteiger partial charge in [0.05, 0.1) is 0 Å². The molecule has 6 heteroatoms. The van der Waals surface area contributed by atoms with Crippen molar-refractivity contribution in [3.8, 4) is 11.5 Å². The highest BCUT2D eigenvalue weighted by Gasteiger charge is 2.26. The van der Waals surface area contributed by atoms with Gasteiger partial charge in [0, 0.05) is 17.3 Å². The highest BCUT2D eigenvalue weighted by atomic mass is 16.6. The number of anilines is 1. The molecule has 2 N–H and O–H groups in total. The number of nitrogens with one attached hydrogen (secondary N) is 2. The molecule has 27 heavy (non-hydrogen) atoms. The highest BCUT2D eigenvalue weighted by Crippen LogP contribution is 2.32. The second kappa shape index (κ2) is 8.58. The molecule has 0 radical (unpaired) electrons. The summed E-state index contributed by atoms with van der Waals surface area (Å²) in [5, 5.41) is 5.73. The van der Waals surface area contributed by atoms with Crippen LogP contribution in [0.1, 0.15) is 30.6 Å². The van der Waals surface area contributed by atoms with E-state index in [2.05, 4.69) is 10.6 Å². The molecule has 2 aromatic carbocycles. The van der Waals surface area contributed by atoms with E-state index in [0.29, 0.717) is 36.0 Å². The Bertz CT molecular complexity index is 807. The van der Waals surface area contributed by atoms with Gasteiger partial charge >= 0.3 is 0 Å². The van der Waals surface area contributed by atoms with Crippen LogP contribution in [0.25, 0.3) is 0 Å². The molecule has 0 aliphatic carbocycles. The maximum atomic E-state index is 12.8. The minimum atomic E-state index is -0.643. The summed E-state index contributed by atoms with van der Waals surface area (Å²) in [6.45, 7) is 4.93. The number of hydrogen-bond acceptors (Lipinski definition) is 4. The molecule has 6 nitrogen and oxygen atoms in total. The summed E-state index contributed by atoms with van der Waals surface area (Å²) >= 11 is 0. The fraction of sp³-hybridized carbons (Fsp3) is 0.333. The van der Waals surface area contributed by atoms with Crippen LogP contribution in [-0.2, 0) is 4.79 Å². The maximum absolute atomic E-state index is 12.8. The van der Waals surface area contributed by atoms with Crippen LogP contribution in [0, 0.1) is 5.92 Å². The van der Waals surface area contributed by atoms with Crippen molar-refractivity contribution in [1.29, 1.82) is 0 Å². The number of hydrogen-bond donors (Lipinski definition) is 2. The summed E-state index contributed by atoms with van der Waals surface area (Å²) in [7, 11) is 0. The smallest absolute Gasteiger partial charge is 0.251 e. The van der Waals surface area contributed by atoms with Gasteiger partial charge in [-0.2, -0.15) is 0 Å². The van der Waals surface area contributed by atoms with Gasteiger partial charge in [-0.25, -0.2) is 0 Å². The van der Waals surface area contributed by atoms with Crippen molar-refractivity contribution < 1.29 is 19.1 Å². The molecule has 0 fully saturated rings. The van der Waals surface area contributed by atoms with E-state index in [-0.39, 0.29) is 17.7 Å². The van der Waals surface area contributed by atoms with Gasteiger partial charge in [-0.1, -0.05) is 38.5 Å². The third-order valence-electron chi connectivity index (χ3n) is 4.63. The molecule has 1 heterocycles. The Morgan fingerprint density at radius 3 is 2.44 bits per heavy atom. The van der Waals surface area contributed by atoms with E-state index < -0.39 is 6.04 Å². The highest BCUT2D eigenvalue weighted by molar-refractivity contribution is 6.01. The molecule has 3 rings (SSSR count). The normalized spacial score (nSPS) is 14.7. The summed E-state index contributed by atoms with van der Waals surface area (Å²) < 4.78 is 11.0. The first-order chi connectivity index (χ1) is 13.1. The van der Waals surface area contributed by atoms with Crippen molar-refractivity contribution in [3.05, 3.63) is 54.1 Å². The van der Waals surface area contributed by atoms with E-state index in [4.69, 9.17) is 9.47 Å². The molecule has 142 valence electrons. The molecule has 0 bridgehead atoms. The SMILES string of the molecule is CCC(C)C(NC(=O)c1ccccc1)C(=O)Nc1ccc2c(c1)OCCO2. The number of carbonyl (C=O) groups is 2. The molecule has 2 aromatic rings. The average molecular weight is 368 g/mol. The van der Waals surface area contributed by atoms with Crippen LogP contribution in [0.2, 0.25) is 0 Å². The van der Waals surface area contributed by atoms with Crippen LogP contribution < -0.4 is 20.1 Å². The molecule has 2 unspecified atom stereocenters. The van der Waals surface area contributed by atoms with Crippen molar-refractivity contribution in [1.82, 2.24) is 5.32 Å². The number of carbonyl (C=O) groups excluding carboxylic acids is 2. The lowest BCUT2D eigenvalue weighted by molar-refractivity contribution is -0.119. The van der Waals surface area contributed by atoms with Crippen molar-refractivity contribution in [2.24, 2.45) is 5.92 Å². The monoisotopic (exact) mass is 368 g/mol. The molecule has 1 aliphatic heterocycles. The molecule has 1 aliphatic rings. The van der Waals surface area contributed by atoms with Crippen LogP contribution in [0.3, 0.4) is 0 Å². The minimum Gasteiger partial charge on any atom is -0.486 e. The molecule has 2 amide bonds. The van der Waals surface area contributed by atoms with Crippen LogP contribution >= 0.6 is 0 Å². The Hall–Kier alpha value is -3.02. The topological polar surface area (TPSA) is 76.7 Å². The van der Waals surface area contributed by atoms with E-state index in [9.17, 15) is 9.59 Å². The first kappa shape index (κ1) is 18.8. The van der Waals surface area contributed by atoms with Gasteiger partial charge in [-0.15, -0.1) is 0 Å². The molecule has 0 spiro atoms. The van der Waals surface area contributed by atoms with Gasteiger partial charge in [-0.3, -0.25) is 9.59 Å². The zero-order valence-electron chi connectivity index (χ0n) is 15.5. The molecular formula is C21H24N2O4. The molecule has 0 saturated heterocycles. The van der Waals surface area contributed by atoms with Gasteiger partial charge in [0.15, 0.2) is 11.5 Å². The van der Waals surface area contributed by atoms with Crippen molar-refractivity contribution in [2.45, 2.75) is 26.3 Å². The zero-order valence-corrected chi connectivity index (χ0v) is 15.5. The van der Waals surface area contributed by atoms with Gasteiger partial charge in [0.2, 0.25) is 5.91 Å². The third-order valence-corrected chi connectivity index (χ3v) is 4.63. The van der Waals surface area contributed by atoms with Gasteiger partial charge < -0.3 is 20.1 Å². The lowest BCUT2D eigenvalue weighted by Gasteiger charge is -2.24. The predicted octanol–water partition coefficient (Wildman–Crippen LogP) is 3.24. The summed E-state index contributed by atoms with van der Waals surface area (Å²) in [6, 6.07) is 13.5.